The van der Waals surface area contributed by atoms with E-state index in [1.165, 1.54) is 4.70 Å². The molecule has 0 spiro atoms. The largest absolute Gasteiger partial charge is 0.0901 e. The summed E-state index contributed by atoms with van der Waals surface area (Å²) in [6.45, 7) is 46.2. The van der Waals surface area contributed by atoms with E-state index in [0.717, 1.165) is 23.5 Å². The number of hydrogen-bond acceptors (Lipinski definition) is 7. The minimum atomic E-state index is -2.22. The molecule has 0 saturated heterocycles. The molecule has 0 atom stereocenters. The first-order valence-electron chi connectivity index (χ1n) is 19.3. The maximum Gasteiger partial charge on any atom is 0 e. The molecule has 0 radical (unpaired) electrons. The zero-order valence-electron chi connectivity index (χ0n) is 38.0. The van der Waals surface area contributed by atoms with Gasteiger partial charge >= 0.3 is 113 Å². The zero-order valence-corrected chi connectivity index (χ0v) is 46.9. The van der Waals surface area contributed by atoms with Gasteiger partial charge in [-0.15, -0.1) is 0 Å². The average Bonchev–Trinajstić information content (AvgIpc) is 3.35. The van der Waals surface area contributed by atoms with Crippen LogP contribution in [0.3, 0.4) is 0 Å². The van der Waals surface area contributed by atoms with Crippen molar-refractivity contribution in [1.29, 1.82) is 5.26 Å². The van der Waals surface area contributed by atoms with E-state index < -0.39 is 9.42 Å². The number of aromatic nitrogens is 3. The van der Waals surface area contributed by atoms with Gasteiger partial charge in [-0.1, -0.05) is 93.7 Å². The number of nitriles is 1. The maximum absolute atomic E-state index is 9.38. The molecule has 2 aromatic heterocycles. The molecule has 2 N–H and O–H groups in total. The molecule has 1 aromatic carbocycles. The van der Waals surface area contributed by atoms with Gasteiger partial charge in [-0.05, 0) is 54.3 Å². The van der Waals surface area contributed by atoms with Crippen molar-refractivity contribution in [3.63, 3.8) is 0 Å². The molecule has 6 nitrogen and oxygen atoms in total. The summed E-state index contributed by atoms with van der Waals surface area (Å²) in [4.78, 5) is 13.4. The number of thiazole rings is 1. The first-order valence-corrected chi connectivity index (χ1v) is 27.8. The van der Waals surface area contributed by atoms with Crippen molar-refractivity contribution in [3.05, 3.63) is 42.4 Å². The molecule has 0 aliphatic heterocycles. The minimum Gasteiger partial charge on any atom is -0.0901 e. The van der Waals surface area contributed by atoms with E-state index in [9.17, 15) is 5.26 Å². The van der Waals surface area contributed by atoms with Gasteiger partial charge in [0.05, 0.1) is 21.7 Å². The van der Waals surface area contributed by atoms with Gasteiger partial charge in [-0.3, -0.25) is 4.98 Å². The summed E-state index contributed by atoms with van der Waals surface area (Å²) < 4.78 is -1.02. The van der Waals surface area contributed by atoms with Crippen molar-refractivity contribution in [2.75, 3.05) is 10.6 Å². The smallest absolute Gasteiger partial charge is 0 e. The average molecular weight is 1140 g/mol. The van der Waals surface area contributed by atoms with Crippen LogP contribution in [0.25, 0.3) is 10.2 Å². The third-order valence-corrected chi connectivity index (χ3v) is 41.4. The number of benzene rings is 1. The summed E-state index contributed by atoms with van der Waals surface area (Å²) in [5.74, 6) is 0.711. The Morgan fingerprint density at radius 1 is 0.679 bits per heavy atom. The SMILES string of the molecule is CC(C)(C#N)c1nccnc1NC1CC(Nc2nc3ccccc3s2)C1.CC(C)(C)P(Br)(Br)(C(C)(C)C)C(C)(C)C.CC(C)(C)P(C(C)(C)C)C(C)(C)C.[Pd].[Pd]. The van der Waals surface area contributed by atoms with Gasteiger partial charge in [-0.2, -0.15) is 5.26 Å². The summed E-state index contributed by atoms with van der Waals surface area (Å²) in [6.07, 6.45) is 5.27. The topological polar surface area (TPSA) is 86.5 Å². The number of halogens is 2. The maximum atomic E-state index is 9.38. The summed E-state index contributed by atoms with van der Waals surface area (Å²) in [5, 5.41) is 19.3. The number of rotatable bonds is 5. The molecule has 1 aliphatic rings. The van der Waals surface area contributed by atoms with Crippen LogP contribution < -0.4 is 10.6 Å². The van der Waals surface area contributed by atoms with E-state index >= 15 is 0 Å². The Morgan fingerprint density at radius 3 is 1.45 bits per heavy atom. The molecule has 4 rings (SSSR count). The van der Waals surface area contributed by atoms with Gasteiger partial charge in [0.25, 0.3) is 0 Å². The van der Waals surface area contributed by atoms with Gasteiger partial charge < -0.3 is 10.6 Å². The Hall–Kier alpha value is 0.425. The number of fused-ring (bicyclic) bond motifs is 1. The normalized spacial score (nSPS) is 17.6. The van der Waals surface area contributed by atoms with Crippen molar-refractivity contribution < 1.29 is 40.8 Å². The summed E-state index contributed by atoms with van der Waals surface area (Å²) >= 11 is 10.1. The summed E-state index contributed by atoms with van der Waals surface area (Å²) in [7, 11) is 0.0162. The number of nitrogens with zero attached hydrogens (tertiary/aromatic N) is 4. The van der Waals surface area contributed by atoms with Gasteiger partial charge in [-0.25, -0.2) is 9.97 Å². The van der Waals surface area contributed by atoms with E-state index in [2.05, 4.69) is 193 Å². The number of anilines is 2. The van der Waals surface area contributed by atoms with Gasteiger partial charge in [0.2, 0.25) is 0 Å². The van der Waals surface area contributed by atoms with Crippen LogP contribution in [0.1, 0.15) is 157 Å². The first kappa shape index (κ1) is 56.4. The molecule has 0 amide bonds. The molecule has 13 heteroatoms. The predicted molar refractivity (Wildman–Crippen MR) is 255 cm³/mol. The molecule has 1 saturated carbocycles. The first-order chi connectivity index (χ1) is 24.0. The molecule has 2 heterocycles. The molecular weight excluding hydrogens is 1070 g/mol. The van der Waals surface area contributed by atoms with Gasteiger partial charge in [0.1, 0.15) is 11.5 Å². The Kier molecular flexibility index (Phi) is 19.8. The van der Waals surface area contributed by atoms with Crippen molar-refractivity contribution in [1.82, 2.24) is 15.0 Å². The van der Waals surface area contributed by atoms with E-state index in [4.69, 9.17) is 0 Å². The molecule has 1 aliphatic carbocycles. The summed E-state index contributed by atoms with van der Waals surface area (Å²) in [5.41, 5.74) is 1.07. The van der Waals surface area contributed by atoms with Crippen LogP contribution in [-0.4, -0.2) is 58.0 Å². The van der Waals surface area contributed by atoms with Gasteiger partial charge in [0.15, 0.2) is 5.13 Å². The fraction of sp³-hybridized carbons (Fsp3) is 0.721. The molecule has 0 unspecified atom stereocenters. The Balaban J connectivity index is 0.000000873. The Bertz CT molecular complexity index is 1640. The van der Waals surface area contributed by atoms with Crippen LogP contribution in [0.2, 0.25) is 0 Å². The molecule has 1 fully saturated rings. The van der Waals surface area contributed by atoms with Crippen molar-refractivity contribution in [2.45, 2.75) is 200 Å². The quantitative estimate of drug-likeness (QED) is 0.196. The Morgan fingerprint density at radius 2 is 1.09 bits per heavy atom. The molecule has 3 aromatic rings. The summed E-state index contributed by atoms with van der Waals surface area (Å²) in [6, 6.07) is 11.2. The third-order valence-electron chi connectivity index (χ3n) is 10.2. The van der Waals surface area contributed by atoms with Crippen molar-refractivity contribution >= 4 is 75.4 Å². The van der Waals surface area contributed by atoms with E-state index in [1.54, 1.807) is 23.7 Å². The van der Waals surface area contributed by atoms with Crippen LogP contribution in [-0.2, 0) is 46.3 Å². The van der Waals surface area contributed by atoms with Crippen LogP contribution >= 0.6 is 54.2 Å². The monoisotopic (exact) mass is 1140 g/mol. The van der Waals surface area contributed by atoms with Crippen LogP contribution in [0.4, 0.5) is 10.9 Å². The van der Waals surface area contributed by atoms with Crippen molar-refractivity contribution in [2.24, 2.45) is 0 Å². The fourth-order valence-corrected chi connectivity index (χ4v) is 22.2. The third kappa shape index (κ3) is 13.0. The fourth-order valence-electron chi connectivity index (χ4n) is 9.15. The molecule has 326 valence electrons. The zero-order chi connectivity index (χ0) is 42.2. The second kappa shape index (κ2) is 19.6. The van der Waals surface area contributed by atoms with Crippen LogP contribution in [0.5, 0.6) is 0 Å². The van der Waals surface area contributed by atoms with Crippen LogP contribution in [0, 0.1) is 11.3 Å². The second-order valence-corrected chi connectivity index (χ2v) is 44.3. The van der Waals surface area contributed by atoms with Crippen molar-refractivity contribution in [3.8, 4) is 6.07 Å². The van der Waals surface area contributed by atoms with E-state index in [0.29, 0.717) is 39.1 Å². The Labute approximate surface area is 391 Å². The second-order valence-electron chi connectivity index (χ2n) is 21.4. The minimum absolute atomic E-state index is 0. The number of hydrogen-bond donors (Lipinski definition) is 2. The standard InChI is InChI=1S/C19H20N6S.C12H27Br2P.C12H27P.2Pd/c1-19(2,11-20)16-17(22-8-7-21-16)23-12-9-13(10-12)24-18-25-14-5-3-4-6-15(14)26-18;1-10(2,3)15(13,14,11(4,5)6)12(7,8)9;1-10(2,3)13(11(4,5)6)12(7,8)9;;/h3-8,12-13H,9-10H2,1-2H3,(H,22,23)(H,24,25);1-9H3;1-9H3;;. The van der Waals surface area contributed by atoms with Crippen LogP contribution in [0.15, 0.2) is 36.7 Å². The van der Waals surface area contributed by atoms with E-state index in [-0.39, 0.29) is 64.2 Å². The predicted octanol–water partition coefficient (Wildman–Crippen LogP) is 15.4. The number of nitrogens with one attached hydrogen (secondary N) is 2. The molecule has 56 heavy (non-hydrogen) atoms. The van der Waals surface area contributed by atoms with E-state index in [1.807, 2.05) is 32.0 Å². The van der Waals surface area contributed by atoms with Gasteiger partial charge in [0, 0.05) is 65.3 Å². The molecule has 0 bridgehead atoms. The molecular formula is C43H74Br2N6P2Pd2S. The number of para-hydroxylation sites is 1.